The van der Waals surface area contributed by atoms with Gasteiger partial charge in [-0.1, -0.05) is 126 Å². The summed E-state index contributed by atoms with van der Waals surface area (Å²) in [6.07, 6.45) is 1.93. The van der Waals surface area contributed by atoms with Gasteiger partial charge in [-0.05, 0) is 105 Å². The van der Waals surface area contributed by atoms with Crippen molar-refractivity contribution in [3.63, 3.8) is 0 Å². The van der Waals surface area contributed by atoms with Gasteiger partial charge in [0.05, 0.1) is 22.4 Å². The Bertz CT molecular complexity index is 2610. The molecule has 0 bridgehead atoms. The molecule has 1 aliphatic rings. The Morgan fingerprint density at radius 1 is 0.491 bits per heavy atom. The second-order valence-electron chi connectivity index (χ2n) is 20.0. The first-order valence-electron chi connectivity index (χ1n) is 20.4. The molecule has 0 aliphatic carbocycles. The van der Waals surface area contributed by atoms with Gasteiger partial charge in [-0.2, -0.15) is 0 Å². The van der Waals surface area contributed by atoms with E-state index >= 15 is 0 Å². The molecule has 0 unspecified atom stereocenters. The Balaban J connectivity index is 1.20. The van der Waals surface area contributed by atoms with E-state index in [-0.39, 0.29) is 21.7 Å². The molecule has 0 saturated heterocycles. The van der Waals surface area contributed by atoms with E-state index < -0.39 is 0 Å². The molecule has 7 aromatic rings. The van der Waals surface area contributed by atoms with Gasteiger partial charge in [0.2, 0.25) is 0 Å². The van der Waals surface area contributed by atoms with Crippen molar-refractivity contribution in [3.8, 4) is 17.3 Å². The van der Waals surface area contributed by atoms with E-state index in [9.17, 15) is 0 Å². The number of fused-ring (bicyclic) bond motifs is 4. The van der Waals surface area contributed by atoms with Crippen molar-refractivity contribution in [1.82, 2.24) is 9.55 Å². The lowest BCUT2D eigenvalue weighted by molar-refractivity contribution is 0.483. The van der Waals surface area contributed by atoms with Gasteiger partial charge in [-0.15, -0.1) is 0 Å². The van der Waals surface area contributed by atoms with Crippen LogP contribution in [0.5, 0.6) is 11.5 Å². The Hall–Kier alpha value is -5.55. The highest BCUT2D eigenvalue weighted by molar-refractivity contribution is 6.09. The number of anilines is 4. The summed E-state index contributed by atoms with van der Waals surface area (Å²) in [6, 6.07) is 41.9. The second-order valence-corrected chi connectivity index (χ2v) is 20.0. The minimum Gasteiger partial charge on any atom is -0.457 e. The standard InChI is InChI=1S/C52H58N4O/c1-49(2,3)34-25-26-53-47(30-34)56-44-21-14-13-19-41(44)42-24-23-40(32-46(42)56)57-39-18-15-17-37(31-39)54-33-55(48-43(52(10,11)12)20-16-22-45(48)54)38-28-35(50(4,5)6)27-36(29-38)51(7,8)9/h13-32H,33H2,1-12H3. The van der Waals surface area contributed by atoms with Crippen LogP contribution < -0.4 is 14.5 Å². The van der Waals surface area contributed by atoms with Crippen LogP contribution >= 0.6 is 0 Å². The van der Waals surface area contributed by atoms with Gasteiger partial charge >= 0.3 is 0 Å². The maximum absolute atomic E-state index is 6.76. The van der Waals surface area contributed by atoms with Crippen molar-refractivity contribution in [2.24, 2.45) is 0 Å². The van der Waals surface area contributed by atoms with Crippen LogP contribution in [0.25, 0.3) is 27.6 Å². The molecule has 3 heterocycles. The Labute approximate surface area is 339 Å². The summed E-state index contributed by atoms with van der Waals surface area (Å²) < 4.78 is 9.03. The van der Waals surface area contributed by atoms with Crippen molar-refractivity contribution >= 4 is 44.6 Å². The van der Waals surface area contributed by atoms with E-state index in [1.54, 1.807) is 0 Å². The lowest BCUT2D eigenvalue weighted by Crippen LogP contribution is -2.26. The van der Waals surface area contributed by atoms with Crippen LogP contribution in [0.15, 0.2) is 121 Å². The molecule has 0 radical (unpaired) electrons. The molecule has 1 aliphatic heterocycles. The molecule has 0 atom stereocenters. The van der Waals surface area contributed by atoms with E-state index in [4.69, 9.17) is 9.72 Å². The lowest BCUT2D eigenvalue weighted by atomic mass is 9.80. The molecular formula is C52H58N4O. The van der Waals surface area contributed by atoms with Gasteiger partial charge in [0.15, 0.2) is 0 Å². The number of benzene rings is 5. The van der Waals surface area contributed by atoms with Crippen LogP contribution in [0, 0.1) is 0 Å². The third-order valence-corrected chi connectivity index (χ3v) is 11.5. The molecule has 8 rings (SSSR count). The molecule has 57 heavy (non-hydrogen) atoms. The zero-order valence-electron chi connectivity index (χ0n) is 36.0. The first kappa shape index (κ1) is 38.3. The van der Waals surface area contributed by atoms with Crippen LogP contribution in [0.4, 0.5) is 22.7 Å². The normalized spacial score (nSPS) is 13.8. The molecule has 0 fully saturated rings. The number of para-hydroxylation sites is 2. The highest BCUT2D eigenvalue weighted by Gasteiger charge is 2.35. The summed E-state index contributed by atoms with van der Waals surface area (Å²) in [7, 11) is 0. The summed E-state index contributed by atoms with van der Waals surface area (Å²) in [6.45, 7) is 28.2. The minimum atomic E-state index is -0.0518. The van der Waals surface area contributed by atoms with Crippen molar-refractivity contribution < 1.29 is 4.74 Å². The Morgan fingerprint density at radius 2 is 1.14 bits per heavy atom. The molecule has 0 spiro atoms. The van der Waals surface area contributed by atoms with Crippen LogP contribution in [0.2, 0.25) is 0 Å². The van der Waals surface area contributed by atoms with Gasteiger partial charge in [0.1, 0.15) is 24.0 Å². The number of hydrogen-bond donors (Lipinski definition) is 0. The number of rotatable bonds is 5. The number of hydrogen-bond acceptors (Lipinski definition) is 4. The number of nitrogens with zero attached hydrogens (tertiary/aromatic N) is 4. The van der Waals surface area contributed by atoms with Crippen molar-refractivity contribution in [2.45, 2.75) is 105 Å². The predicted octanol–water partition coefficient (Wildman–Crippen LogP) is 14.4. The molecular weight excluding hydrogens is 697 g/mol. The molecule has 5 heteroatoms. The summed E-state index contributed by atoms with van der Waals surface area (Å²) >= 11 is 0. The topological polar surface area (TPSA) is 33.5 Å². The number of pyridine rings is 1. The number of aromatic nitrogens is 2. The highest BCUT2D eigenvalue weighted by atomic mass is 16.5. The Kier molecular flexibility index (Phi) is 9.11. The average Bonchev–Trinajstić information content (AvgIpc) is 3.70. The van der Waals surface area contributed by atoms with Crippen molar-refractivity contribution in [3.05, 3.63) is 144 Å². The average molecular weight is 755 g/mol. The van der Waals surface area contributed by atoms with Gasteiger partial charge in [0.25, 0.3) is 0 Å². The van der Waals surface area contributed by atoms with Crippen LogP contribution in [-0.2, 0) is 21.7 Å². The highest BCUT2D eigenvalue weighted by Crippen LogP contribution is 2.50. The summed E-state index contributed by atoms with van der Waals surface area (Å²) in [5.41, 5.74) is 12.2. The van der Waals surface area contributed by atoms with E-state index in [2.05, 4.69) is 213 Å². The fourth-order valence-electron chi connectivity index (χ4n) is 8.11. The predicted molar refractivity (Wildman–Crippen MR) is 242 cm³/mol. The molecule has 2 aromatic heterocycles. The zero-order chi connectivity index (χ0) is 40.7. The van der Waals surface area contributed by atoms with Gasteiger partial charge < -0.3 is 14.5 Å². The van der Waals surface area contributed by atoms with E-state index in [0.717, 1.165) is 34.0 Å². The van der Waals surface area contributed by atoms with E-state index in [1.165, 1.54) is 50.1 Å². The largest absolute Gasteiger partial charge is 0.457 e. The molecule has 0 N–H and O–H groups in total. The van der Waals surface area contributed by atoms with Crippen molar-refractivity contribution in [2.75, 3.05) is 16.5 Å². The number of ether oxygens (including phenoxy) is 1. The lowest BCUT2D eigenvalue weighted by Gasteiger charge is -2.31. The van der Waals surface area contributed by atoms with E-state index in [1.807, 2.05) is 6.20 Å². The Morgan fingerprint density at radius 3 is 1.82 bits per heavy atom. The first-order valence-corrected chi connectivity index (χ1v) is 20.4. The summed E-state index contributed by atoms with van der Waals surface area (Å²) in [4.78, 5) is 9.85. The van der Waals surface area contributed by atoms with Gasteiger partial charge in [0, 0.05) is 40.5 Å². The minimum absolute atomic E-state index is 0.00274. The van der Waals surface area contributed by atoms with E-state index in [0.29, 0.717) is 6.67 Å². The molecule has 5 nitrogen and oxygen atoms in total. The van der Waals surface area contributed by atoms with Crippen LogP contribution in [0.1, 0.15) is 105 Å². The summed E-state index contributed by atoms with van der Waals surface area (Å²) in [5.74, 6) is 2.48. The van der Waals surface area contributed by atoms with Crippen LogP contribution in [0.3, 0.4) is 0 Å². The fourth-order valence-corrected chi connectivity index (χ4v) is 8.11. The second kappa shape index (κ2) is 13.5. The molecule has 0 saturated carbocycles. The third kappa shape index (κ3) is 7.18. The molecule has 0 amide bonds. The molecule has 5 aromatic carbocycles. The monoisotopic (exact) mass is 754 g/mol. The van der Waals surface area contributed by atoms with Crippen molar-refractivity contribution in [1.29, 1.82) is 0 Å². The van der Waals surface area contributed by atoms with Gasteiger partial charge in [-0.3, -0.25) is 4.57 Å². The summed E-state index contributed by atoms with van der Waals surface area (Å²) in [5, 5.41) is 2.36. The quantitative estimate of drug-likeness (QED) is 0.175. The molecule has 292 valence electrons. The van der Waals surface area contributed by atoms with Crippen LogP contribution in [-0.4, -0.2) is 16.2 Å². The third-order valence-electron chi connectivity index (χ3n) is 11.5. The zero-order valence-corrected chi connectivity index (χ0v) is 36.0. The van der Waals surface area contributed by atoms with Gasteiger partial charge in [-0.25, -0.2) is 4.98 Å². The SMILES string of the molecule is CC(C)(C)c1cc(N2CN(c3cccc(Oc4ccc5c6ccccc6n(-c6cc(C(C)(C)C)ccn6)c5c4)c3)c3cccc(C(C)(C)C)c32)cc(C(C)(C)C)c1. The fraction of sp³-hybridized carbons (Fsp3) is 0.327. The maximum Gasteiger partial charge on any atom is 0.137 e. The smallest absolute Gasteiger partial charge is 0.137 e. The maximum atomic E-state index is 6.76. The first-order chi connectivity index (χ1) is 26.8.